The van der Waals surface area contributed by atoms with Crippen molar-refractivity contribution in [1.29, 1.82) is 0 Å². The Bertz CT molecular complexity index is 485. The molecule has 4 nitrogen and oxygen atoms in total. The molecule has 5 heteroatoms. The van der Waals surface area contributed by atoms with Gasteiger partial charge in [0, 0.05) is 18.3 Å². The molecule has 0 amide bonds. The molecule has 1 aromatic rings. The Morgan fingerprint density at radius 2 is 2.30 bits per heavy atom. The number of carbonyl (C=O) groups is 1. The number of pyridine rings is 1. The number of nitrogens with zero attached hydrogens (tertiary/aromatic N) is 2. The van der Waals surface area contributed by atoms with Crippen LogP contribution in [0.15, 0.2) is 18.3 Å². The number of likely N-dealkylation sites (tertiary alicyclic amines) is 1. The minimum atomic E-state index is -0.447. The van der Waals surface area contributed by atoms with E-state index in [0.29, 0.717) is 11.7 Å². The van der Waals surface area contributed by atoms with Crippen molar-refractivity contribution in [3.8, 4) is 0 Å². The van der Waals surface area contributed by atoms with Crippen LogP contribution in [0.4, 0.5) is 0 Å². The molecule has 1 aliphatic heterocycles. The van der Waals surface area contributed by atoms with Crippen molar-refractivity contribution < 1.29 is 9.53 Å². The zero-order valence-electron chi connectivity index (χ0n) is 12.2. The maximum absolute atomic E-state index is 12.2. The fraction of sp³-hybridized carbons (Fsp3) is 0.600. The van der Waals surface area contributed by atoms with Crippen LogP contribution in [0.5, 0.6) is 0 Å². The smallest absolute Gasteiger partial charge is 0.323 e. The number of ether oxygens (including phenoxy) is 1. The maximum atomic E-state index is 12.2. The highest BCUT2D eigenvalue weighted by Crippen LogP contribution is 2.24. The van der Waals surface area contributed by atoms with Gasteiger partial charge in [-0.15, -0.1) is 0 Å². The Morgan fingerprint density at radius 3 is 2.95 bits per heavy atom. The maximum Gasteiger partial charge on any atom is 0.323 e. The molecule has 1 aromatic heterocycles. The van der Waals surface area contributed by atoms with Crippen molar-refractivity contribution in [2.24, 2.45) is 0 Å². The molecule has 0 aliphatic carbocycles. The first-order valence-electron chi connectivity index (χ1n) is 6.93. The minimum absolute atomic E-state index is 0.144. The van der Waals surface area contributed by atoms with E-state index < -0.39 is 5.60 Å². The van der Waals surface area contributed by atoms with Crippen molar-refractivity contribution in [3.63, 3.8) is 0 Å². The lowest BCUT2D eigenvalue weighted by Gasteiger charge is -2.27. The molecule has 0 spiro atoms. The Morgan fingerprint density at radius 1 is 1.55 bits per heavy atom. The van der Waals surface area contributed by atoms with Crippen LogP contribution in [-0.2, 0) is 16.1 Å². The summed E-state index contributed by atoms with van der Waals surface area (Å²) in [6.07, 6.45) is 3.51. The van der Waals surface area contributed by atoms with Gasteiger partial charge in [0.05, 0.1) is 0 Å². The average Bonchev–Trinajstić information content (AvgIpc) is 2.78. The third-order valence-electron chi connectivity index (χ3n) is 3.25. The van der Waals surface area contributed by atoms with Crippen molar-refractivity contribution in [2.45, 2.75) is 51.8 Å². The fourth-order valence-electron chi connectivity index (χ4n) is 2.41. The third-order valence-corrected chi connectivity index (χ3v) is 3.59. The third kappa shape index (κ3) is 3.93. The number of hydrogen-bond acceptors (Lipinski definition) is 4. The molecule has 20 heavy (non-hydrogen) atoms. The molecule has 1 aliphatic rings. The van der Waals surface area contributed by atoms with Gasteiger partial charge in [-0.2, -0.15) is 0 Å². The first-order chi connectivity index (χ1) is 9.37. The Balaban J connectivity index is 2.04. The number of rotatable bonds is 3. The van der Waals surface area contributed by atoms with E-state index >= 15 is 0 Å². The molecular weight excluding hydrogens is 276 g/mol. The quantitative estimate of drug-likeness (QED) is 0.635. The summed E-state index contributed by atoms with van der Waals surface area (Å²) in [7, 11) is 0. The summed E-state index contributed by atoms with van der Waals surface area (Å²) in [5.41, 5.74) is 0.502. The van der Waals surface area contributed by atoms with E-state index in [9.17, 15) is 4.79 Å². The lowest BCUT2D eigenvalue weighted by atomic mass is 10.1. The van der Waals surface area contributed by atoms with Crippen LogP contribution in [0.3, 0.4) is 0 Å². The van der Waals surface area contributed by atoms with Crippen LogP contribution in [0.1, 0.15) is 39.2 Å². The fourth-order valence-corrected chi connectivity index (χ4v) is 2.59. The predicted molar refractivity (Wildman–Crippen MR) is 78.5 cm³/mol. The Kier molecular flexibility index (Phi) is 4.66. The van der Waals surface area contributed by atoms with Crippen LogP contribution in [0.2, 0.25) is 5.15 Å². The average molecular weight is 297 g/mol. The number of carbonyl (C=O) groups excluding carboxylic acids is 1. The van der Waals surface area contributed by atoms with Gasteiger partial charge >= 0.3 is 5.97 Å². The molecule has 0 unspecified atom stereocenters. The zero-order chi connectivity index (χ0) is 14.8. The second kappa shape index (κ2) is 6.10. The van der Waals surface area contributed by atoms with Gasteiger partial charge in [-0.1, -0.05) is 17.7 Å². The summed E-state index contributed by atoms with van der Waals surface area (Å²) in [4.78, 5) is 18.4. The number of halogens is 1. The summed E-state index contributed by atoms with van der Waals surface area (Å²) >= 11 is 6.08. The number of hydrogen-bond donors (Lipinski definition) is 0. The molecule has 2 heterocycles. The van der Waals surface area contributed by atoms with Gasteiger partial charge in [-0.05, 0) is 46.2 Å². The second-order valence-electron chi connectivity index (χ2n) is 6.12. The second-order valence-corrected chi connectivity index (χ2v) is 6.47. The number of aromatic nitrogens is 1. The van der Waals surface area contributed by atoms with E-state index in [4.69, 9.17) is 16.3 Å². The van der Waals surface area contributed by atoms with Gasteiger partial charge < -0.3 is 4.74 Å². The van der Waals surface area contributed by atoms with E-state index in [-0.39, 0.29) is 12.0 Å². The van der Waals surface area contributed by atoms with Crippen molar-refractivity contribution >= 4 is 17.6 Å². The molecule has 0 bridgehead atoms. The molecule has 2 rings (SSSR count). The van der Waals surface area contributed by atoms with Gasteiger partial charge in [0.2, 0.25) is 0 Å². The van der Waals surface area contributed by atoms with Crippen LogP contribution in [0, 0.1) is 0 Å². The Labute approximate surface area is 125 Å². The van der Waals surface area contributed by atoms with Gasteiger partial charge in [0.25, 0.3) is 0 Å². The van der Waals surface area contributed by atoms with Gasteiger partial charge in [0.15, 0.2) is 0 Å². The largest absolute Gasteiger partial charge is 0.459 e. The van der Waals surface area contributed by atoms with E-state index in [1.54, 1.807) is 6.20 Å². The first-order valence-corrected chi connectivity index (χ1v) is 7.31. The Hall–Kier alpha value is -1.13. The zero-order valence-corrected chi connectivity index (χ0v) is 13.0. The molecule has 0 saturated carbocycles. The molecular formula is C15H21ClN2O2. The standard InChI is InChI=1S/C15H21ClN2O2/c1-15(2,3)20-14(19)12-7-5-9-18(12)10-11-6-4-8-17-13(11)16/h4,6,8,12H,5,7,9-10H2,1-3H3/t12-/m1/s1. The molecule has 0 radical (unpaired) electrons. The molecule has 0 aromatic carbocycles. The molecule has 110 valence electrons. The highest BCUT2D eigenvalue weighted by atomic mass is 35.5. The van der Waals surface area contributed by atoms with E-state index in [1.165, 1.54) is 0 Å². The number of esters is 1. The first kappa shape index (κ1) is 15.3. The van der Waals surface area contributed by atoms with Crippen LogP contribution >= 0.6 is 11.6 Å². The van der Waals surface area contributed by atoms with Gasteiger partial charge in [-0.3, -0.25) is 9.69 Å². The SMILES string of the molecule is CC(C)(C)OC(=O)[C@H]1CCCN1Cc1cccnc1Cl. The molecule has 0 N–H and O–H groups in total. The summed E-state index contributed by atoms with van der Waals surface area (Å²) in [5.74, 6) is -0.144. The predicted octanol–water partition coefficient (Wildman–Crippen LogP) is 3.04. The van der Waals surface area contributed by atoms with Crippen molar-refractivity contribution in [2.75, 3.05) is 6.54 Å². The van der Waals surface area contributed by atoms with Gasteiger partial charge in [0.1, 0.15) is 16.8 Å². The van der Waals surface area contributed by atoms with Crippen molar-refractivity contribution in [1.82, 2.24) is 9.88 Å². The lowest BCUT2D eigenvalue weighted by molar-refractivity contribution is -0.160. The molecule has 1 saturated heterocycles. The van der Waals surface area contributed by atoms with Crippen molar-refractivity contribution in [3.05, 3.63) is 29.0 Å². The monoisotopic (exact) mass is 296 g/mol. The lowest BCUT2D eigenvalue weighted by Crippen LogP contribution is -2.40. The van der Waals surface area contributed by atoms with Crippen LogP contribution in [-0.4, -0.2) is 34.0 Å². The van der Waals surface area contributed by atoms with E-state index in [0.717, 1.165) is 24.9 Å². The summed E-state index contributed by atoms with van der Waals surface area (Å²) in [6, 6.07) is 3.63. The summed E-state index contributed by atoms with van der Waals surface area (Å²) < 4.78 is 5.49. The summed E-state index contributed by atoms with van der Waals surface area (Å²) in [5, 5.41) is 0.502. The highest BCUT2D eigenvalue weighted by molar-refractivity contribution is 6.30. The summed E-state index contributed by atoms with van der Waals surface area (Å²) in [6.45, 7) is 7.19. The van der Waals surface area contributed by atoms with Crippen LogP contribution in [0.25, 0.3) is 0 Å². The van der Waals surface area contributed by atoms with Gasteiger partial charge in [-0.25, -0.2) is 4.98 Å². The van der Waals surface area contributed by atoms with Crippen LogP contribution < -0.4 is 0 Å². The highest BCUT2D eigenvalue weighted by Gasteiger charge is 2.34. The molecule has 1 fully saturated rings. The van der Waals surface area contributed by atoms with E-state index in [1.807, 2.05) is 32.9 Å². The van der Waals surface area contributed by atoms with E-state index in [2.05, 4.69) is 9.88 Å². The molecule has 1 atom stereocenters. The minimum Gasteiger partial charge on any atom is -0.459 e. The normalized spacial score (nSPS) is 20.1. The topological polar surface area (TPSA) is 42.4 Å².